The lowest BCUT2D eigenvalue weighted by Gasteiger charge is -2.23. The van der Waals surface area contributed by atoms with Gasteiger partial charge in [0.15, 0.2) is 5.78 Å². The fourth-order valence-electron chi connectivity index (χ4n) is 6.86. The first kappa shape index (κ1) is 33.4. The number of hydrogen-bond acceptors (Lipinski definition) is 4. The molecule has 1 N–H and O–H groups in total. The zero-order chi connectivity index (χ0) is 30.8. The lowest BCUT2D eigenvalue weighted by molar-refractivity contribution is -0.123. The number of carbonyl (C=O) groups excluding carboxylic acids is 2. The maximum Gasteiger partial charge on any atom is 0.253 e. The van der Waals surface area contributed by atoms with Gasteiger partial charge in [0.25, 0.3) is 5.91 Å². The Morgan fingerprint density at radius 1 is 1.05 bits per heavy atom. The van der Waals surface area contributed by atoms with Crippen molar-refractivity contribution in [3.05, 3.63) is 88.4 Å². The van der Waals surface area contributed by atoms with Gasteiger partial charge in [0.2, 0.25) is 0 Å². The first-order valence-electron chi connectivity index (χ1n) is 15.9. The maximum atomic E-state index is 13.2. The second-order valence-corrected chi connectivity index (χ2v) is 13.7. The van der Waals surface area contributed by atoms with Gasteiger partial charge in [-0.25, -0.2) is 0 Å². The summed E-state index contributed by atoms with van der Waals surface area (Å²) in [5.74, 6) is 1.78. The van der Waals surface area contributed by atoms with Crippen LogP contribution in [-0.2, 0) is 20.9 Å². The fourth-order valence-corrected chi connectivity index (χ4v) is 7.33. The van der Waals surface area contributed by atoms with Crippen molar-refractivity contribution >= 4 is 33.3 Å². The smallest absolute Gasteiger partial charge is 0.253 e. The molecule has 2 aliphatic rings. The Kier molecular flexibility index (Phi) is 12.8. The Morgan fingerprint density at radius 3 is 2.44 bits per heavy atom. The van der Waals surface area contributed by atoms with Gasteiger partial charge in [-0.3, -0.25) is 9.59 Å². The molecule has 2 aromatic rings. The molecular weight excluding hydrogens is 602 g/mol. The summed E-state index contributed by atoms with van der Waals surface area (Å²) in [6, 6.07) is 19.8. The Labute approximate surface area is 266 Å². The number of para-hydroxylation sites is 1. The lowest BCUT2D eigenvalue weighted by atomic mass is 9.89. The predicted octanol–water partition coefficient (Wildman–Crippen LogP) is 8.27. The molecule has 2 aliphatic carbocycles. The number of carbonyl (C=O) groups is 2. The highest BCUT2D eigenvalue weighted by Gasteiger charge is 2.47. The summed E-state index contributed by atoms with van der Waals surface area (Å²) >= 11 is 3.56. The van der Waals surface area contributed by atoms with Crippen LogP contribution in [0.2, 0.25) is 0 Å². The first-order valence-corrected chi connectivity index (χ1v) is 16.7. The number of hydrogen-bond donors (Lipinski definition) is 1. The van der Waals surface area contributed by atoms with E-state index >= 15 is 0 Å². The van der Waals surface area contributed by atoms with Crippen LogP contribution in [0.3, 0.4) is 0 Å². The van der Waals surface area contributed by atoms with E-state index in [2.05, 4.69) is 42.8 Å². The summed E-state index contributed by atoms with van der Waals surface area (Å²) in [7, 11) is 0. The Morgan fingerprint density at radius 2 is 1.74 bits per heavy atom. The Bertz CT molecular complexity index is 1240. The predicted molar refractivity (Wildman–Crippen MR) is 178 cm³/mol. The third-order valence-corrected chi connectivity index (χ3v) is 9.84. The summed E-state index contributed by atoms with van der Waals surface area (Å²) in [6.45, 7) is 7.43. The number of ketones is 1. The highest BCUT2D eigenvalue weighted by molar-refractivity contribution is 9.12. The lowest BCUT2D eigenvalue weighted by Crippen LogP contribution is -2.33. The number of rotatable bonds is 15. The molecule has 232 valence electrons. The monoisotopic (exact) mass is 649 g/mol. The minimum atomic E-state index is -0.395. The topological polar surface area (TPSA) is 66.8 Å². The van der Waals surface area contributed by atoms with Gasteiger partial charge in [0.05, 0.1) is 17.1 Å². The molecule has 43 heavy (non-hydrogen) atoms. The number of aliphatic hydroxyl groups excluding tert-OH is 1. The van der Waals surface area contributed by atoms with Crippen LogP contribution in [0, 0.1) is 29.6 Å². The van der Waals surface area contributed by atoms with E-state index < -0.39 is 6.10 Å². The van der Waals surface area contributed by atoms with E-state index in [0.717, 1.165) is 49.8 Å². The number of halogens is 1. The number of aliphatic hydroxyl groups is 1. The van der Waals surface area contributed by atoms with E-state index in [1.54, 1.807) is 4.90 Å². The van der Waals surface area contributed by atoms with Crippen molar-refractivity contribution in [2.75, 3.05) is 18.1 Å². The van der Waals surface area contributed by atoms with Crippen molar-refractivity contribution in [3.8, 4) is 0 Å². The van der Waals surface area contributed by atoms with Gasteiger partial charge in [-0.1, -0.05) is 73.2 Å². The Hall–Kier alpha value is -2.54. The molecule has 0 heterocycles. The van der Waals surface area contributed by atoms with Gasteiger partial charge in [0, 0.05) is 24.6 Å². The van der Waals surface area contributed by atoms with Crippen LogP contribution >= 0.6 is 15.9 Å². The molecule has 4 rings (SSSR count). The van der Waals surface area contributed by atoms with Gasteiger partial charge in [-0.2, -0.15) is 0 Å². The van der Waals surface area contributed by atoms with Gasteiger partial charge in [-0.15, -0.1) is 0 Å². The van der Waals surface area contributed by atoms with Gasteiger partial charge in [-0.05, 0) is 110 Å². The van der Waals surface area contributed by atoms with E-state index in [4.69, 9.17) is 4.74 Å². The number of benzene rings is 2. The van der Waals surface area contributed by atoms with Crippen LogP contribution in [0.5, 0.6) is 0 Å². The average molecular weight is 651 g/mol. The zero-order valence-electron chi connectivity index (χ0n) is 26.0. The molecule has 2 fully saturated rings. The SMILES string of the molecule is CC(C)=CCCC(C)CC(=O)C(Br)=C[C@H]1[C@@H]2CC(CCOCC(=O)N(Cc3ccccc3)c3ccccc3)C[C@H]2C[C@@H]1O. The van der Waals surface area contributed by atoms with Crippen LogP contribution in [0.25, 0.3) is 0 Å². The first-order chi connectivity index (χ1) is 20.7. The van der Waals surface area contributed by atoms with Crippen LogP contribution in [0.4, 0.5) is 5.69 Å². The number of anilines is 1. The average Bonchev–Trinajstić information content (AvgIpc) is 3.51. The van der Waals surface area contributed by atoms with Gasteiger partial charge >= 0.3 is 0 Å². The molecular formula is C37H48BrNO4. The van der Waals surface area contributed by atoms with Crippen LogP contribution in [-0.4, -0.2) is 36.1 Å². The van der Waals surface area contributed by atoms with Crippen molar-refractivity contribution in [2.24, 2.45) is 29.6 Å². The fraction of sp³-hybridized carbons (Fsp3) is 0.514. The van der Waals surface area contributed by atoms with Crippen LogP contribution in [0.1, 0.15) is 71.3 Å². The molecule has 0 bridgehead atoms. The standard InChI is InChI=1S/C37H48BrNO4/c1-26(2)11-10-12-27(3)19-36(41)34(38)23-33-32-21-29(20-30(32)22-35(33)40)17-18-43-25-37(42)39(31-15-8-5-9-16-31)24-28-13-6-4-7-14-28/h4-9,11,13-16,23,27,29-30,32-33,35,40H,10,12,17-22,24-25H2,1-3H3/t27?,29?,30-,32+,33-,35-/m0/s1. The molecule has 0 aromatic heterocycles. The summed E-state index contributed by atoms with van der Waals surface area (Å²) < 4.78 is 6.55. The van der Waals surface area contributed by atoms with E-state index in [1.807, 2.05) is 66.7 Å². The molecule has 2 aromatic carbocycles. The highest BCUT2D eigenvalue weighted by atomic mass is 79.9. The minimum absolute atomic E-state index is 0.00854. The summed E-state index contributed by atoms with van der Waals surface area (Å²) in [5, 5.41) is 10.8. The van der Waals surface area contributed by atoms with Crippen LogP contribution in [0.15, 0.2) is 82.9 Å². The number of nitrogens with zero attached hydrogens (tertiary/aromatic N) is 1. The third-order valence-electron chi connectivity index (χ3n) is 9.13. The molecule has 6 atom stereocenters. The van der Waals surface area contributed by atoms with Crippen molar-refractivity contribution in [1.82, 2.24) is 0 Å². The third kappa shape index (κ3) is 9.99. The van der Waals surface area contributed by atoms with Crippen LogP contribution < -0.4 is 4.90 Å². The van der Waals surface area contributed by atoms with Gasteiger partial charge < -0.3 is 14.7 Å². The minimum Gasteiger partial charge on any atom is -0.392 e. The van der Waals surface area contributed by atoms with Gasteiger partial charge in [0.1, 0.15) is 6.61 Å². The second-order valence-electron chi connectivity index (χ2n) is 12.9. The molecule has 0 aliphatic heterocycles. The van der Waals surface area contributed by atoms with Crippen molar-refractivity contribution in [1.29, 1.82) is 0 Å². The number of ether oxygens (including phenoxy) is 1. The molecule has 0 spiro atoms. The number of fused-ring (bicyclic) bond motifs is 1. The molecule has 6 heteroatoms. The number of Topliss-reactive ketones (excluding diaryl/α,β-unsaturated/α-hetero) is 1. The van der Waals surface area contributed by atoms with Crippen molar-refractivity contribution < 1.29 is 19.4 Å². The molecule has 2 saturated carbocycles. The summed E-state index contributed by atoms with van der Waals surface area (Å²) in [5.41, 5.74) is 3.25. The Balaban J connectivity index is 1.24. The summed E-state index contributed by atoms with van der Waals surface area (Å²) in [4.78, 5) is 27.9. The quantitative estimate of drug-likeness (QED) is 0.120. The molecule has 5 nitrogen and oxygen atoms in total. The molecule has 2 unspecified atom stereocenters. The van der Waals surface area contributed by atoms with Crippen molar-refractivity contribution in [3.63, 3.8) is 0 Å². The van der Waals surface area contributed by atoms with E-state index in [0.29, 0.717) is 47.7 Å². The van der Waals surface area contributed by atoms with E-state index in [-0.39, 0.29) is 24.2 Å². The molecule has 1 amide bonds. The van der Waals surface area contributed by atoms with E-state index in [1.165, 1.54) is 5.57 Å². The number of allylic oxidation sites excluding steroid dienone is 3. The van der Waals surface area contributed by atoms with E-state index in [9.17, 15) is 14.7 Å². The molecule has 0 saturated heterocycles. The molecule has 0 radical (unpaired) electrons. The normalized spacial score (nSPS) is 23.9. The van der Waals surface area contributed by atoms with Crippen molar-refractivity contribution in [2.45, 2.75) is 78.4 Å². The summed E-state index contributed by atoms with van der Waals surface area (Å²) in [6.07, 6.45) is 10.2. The largest absolute Gasteiger partial charge is 0.392 e. The maximum absolute atomic E-state index is 13.2. The number of amides is 1. The highest BCUT2D eigenvalue weighted by Crippen LogP contribution is 2.51. The zero-order valence-corrected chi connectivity index (χ0v) is 27.5. The second kappa shape index (κ2) is 16.5.